The van der Waals surface area contributed by atoms with Gasteiger partial charge in [-0.2, -0.15) is 0 Å². The third-order valence-corrected chi connectivity index (χ3v) is 5.31. The van der Waals surface area contributed by atoms with Crippen LogP contribution in [-0.2, 0) is 6.54 Å². The van der Waals surface area contributed by atoms with E-state index in [1.165, 1.54) is 11.1 Å². The van der Waals surface area contributed by atoms with Crippen molar-refractivity contribution in [2.75, 3.05) is 11.6 Å². The van der Waals surface area contributed by atoms with Gasteiger partial charge in [0.1, 0.15) is 11.3 Å². The Labute approximate surface area is 156 Å². The van der Waals surface area contributed by atoms with Gasteiger partial charge in [-0.25, -0.2) is 4.79 Å². The molecule has 0 N–H and O–H groups in total. The van der Waals surface area contributed by atoms with Gasteiger partial charge in [0.05, 0.1) is 17.1 Å². The van der Waals surface area contributed by atoms with E-state index >= 15 is 0 Å². The highest BCUT2D eigenvalue weighted by Crippen LogP contribution is 2.40. The Balaban J connectivity index is 1.90. The molecule has 0 atom stereocenters. The van der Waals surface area contributed by atoms with Crippen molar-refractivity contribution in [2.24, 2.45) is 0 Å². The molecule has 5 heteroatoms. The quantitative estimate of drug-likeness (QED) is 0.564. The molecule has 0 saturated heterocycles. The molecule has 0 saturated carbocycles. The van der Waals surface area contributed by atoms with Gasteiger partial charge in [-0.15, -0.1) is 0 Å². The van der Waals surface area contributed by atoms with Crippen LogP contribution in [0, 0.1) is 27.7 Å². The smallest absolute Gasteiger partial charge is 0.339 e. The molecule has 2 heterocycles. The molecule has 1 aromatic heterocycles. The number of rotatable bonds is 1. The van der Waals surface area contributed by atoms with Gasteiger partial charge in [-0.1, -0.05) is 17.7 Å². The second-order valence-electron chi connectivity index (χ2n) is 7.00. The first-order valence-corrected chi connectivity index (χ1v) is 8.94. The van der Waals surface area contributed by atoms with Crippen molar-refractivity contribution < 1.29 is 9.15 Å². The van der Waals surface area contributed by atoms with E-state index in [-0.39, 0.29) is 5.63 Å². The topological polar surface area (TPSA) is 42.7 Å². The molecule has 26 heavy (non-hydrogen) atoms. The van der Waals surface area contributed by atoms with Crippen molar-refractivity contribution in [3.05, 3.63) is 67.5 Å². The summed E-state index contributed by atoms with van der Waals surface area (Å²) in [7, 11) is 0. The third kappa shape index (κ3) is 2.65. The minimum Gasteiger partial charge on any atom is -0.471 e. The summed E-state index contributed by atoms with van der Waals surface area (Å²) in [6.07, 6.45) is 0. The summed E-state index contributed by atoms with van der Waals surface area (Å²) in [5.74, 6) is 0.603. The fraction of sp³-hybridized carbons (Fsp3) is 0.286. The van der Waals surface area contributed by atoms with E-state index in [0.29, 0.717) is 35.2 Å². The van der Waals surface area contributed by atoms with Gasteiger partial charge < -0.3 is 14.1 Å². The summed E-state index contributed by atoms with van der Waals surface area (Å²) < 4.78 is 11.6. The highest BCUT2D eigenvalue weighted by atomic mass is 35.5. The summed E-state index contributed by atoms with van der Waals surface area (Å²) in [4.78, 5) is 14.3. The van der Waals surface area contributed by atoms with Crippen LogP contribution < -0.4 is 15.3 Å². The minimum absolute atomic E-state index is 0.317. The van der Waals surface area contributed by atoms with Crippen molar-refractivity contribution in [3.8, 4) is 5.75 Å². The van der Waals surface area contributed by atoms with Crippen LogP contribution in [0.15, 0.2) is 33.5 Å². The molecule has 0 radical (unpaired) electrons. The Morgan fingerprint density at radius 3 is 2.38 bits per heavy atom. The molecule has 134 valence electrons. The van der Waals surface area contributed by atoms with Crippen molar-refractivity contribution in [1.82, 2.24) is 0 Å². The zero-order valence-electron chi connectivity index (χ0n) is 15.3. The molecular formula is C21H20ClNO3. The average Bonchev–Trinajstić information content (AvgIpc) is 2.60. The van der Waals surface area contributed by atoms with Crippen molar-refractivity contribution in [3.63, 3.8) is 0 Å². The molecule has 0 unspecified atom stereocenters. The fourth-order valence-electron chi connectivity index (χ4n) is 3.56. The van der Waals surface area contributed by atoms with E-state index < -0.39 is 0 Å². The van der Waals surface area contributed by atoms with E-state index in [2.05, 4.69) is 36.9 Å². The number of halogens is 1. The third-order valence-electron chi connectivity index (χ3n) is 5.03. The predicted molar refractivity (Wildman–Crippen MR) is 105 cm³/mol. The second-order valence-corrected chi connectivity index (χ2v) is 7.41. The van der Waals surface area contributed by atoms with Gasteiger partial charge in [-0.3, -0.25) is 0 Å². The van der Waals surface area contributed by atoms with Crippen LogP contribution in [0.4, 0.5) is 5.69 Å². The van der Waals surface area contributed by atoms with Crippen molar-refractivity contribution >= 4 is 28.3 Å². The maximum Gasteiger partial charge on any atom is 0.339 e. The predicted octanol–water partition coefficient (Wildman–Crippen LogP) is 5.04. The number of hydrogen-bond donors (Lipinski definition) is 0. The van der Waals surface area contributed by atoms with Gasteiger partial charge in [0.25, 0.3) is 0 Å². The van der Waals surface area contributed by atoms with E-state index in [4.69, 9.17) is 20.8 Å². The zero-order valence-corrected chi connectivity index (χ0v) is 16.0. The molecule has 2 aromatic carbocycles. The lowest BCUT2D eigenvalue weighted by Crippen LogP contribution is -2.32. The standard InChI is InChI=1S/C21H20ClNO3/c1-11-5-12(2)7-15(6-11)23-9-17-19-16(8-18(22)20(17)25-10-23)13(3)14(4)21(24)26-19/h5-8H,9-10H2,1-4H3. The van der Waals surface area contributed by atoms with Crippen LogP contribution >= 0.6 is 11.6 Å². The molecule has 1 aliphatic heterocycles. The lowest BCUT2D eigenvalue weighted by atomic mass is 10.0. The van der Waals surface area contributed by atoms with Crippen molar-refractivity contribution in [1.29, 1.82) is 0 Å². The first-order chi connectivity index (χ1) is 12.3. The Bertz CT molecular complexity index is 1080. The first-order valence-electron chi connectivity index (χ1n) is 8.56. The number of ether oxygens (including phenoxy) is 1. The zero-order chi connectivity index (χ0) is 18.6. The van der Waals surface area contributed by atoms with Crippen LogP contribution in [0.1, 0.15) is 27.8 Å². The summed E-state index contributed by atoms with van der Waals surface area (Å²) in [6.45, 7) is 8.81. The van der Waals surface area contributed by atoms with Crippen LogP contribution in [0.5, 0.6) is 5.75 Å². The normalized spacial score (nSPS) is 13.7. The fourth-order valence-corrected chi connectivity index (χ4v) is 3.84. The lowest BCUT2D eigenvalue weighted by molar-refractivity contribution is 0.289. The first kappa shape index (κ1) is 17.0. The summed E-state index contributed by atoms with van der Waals surface area (Å²) in [6, 6.07) is 8.21. The molecule has 1 aliphatic rings. The van der Waals surface area contributed by atoms with E-state index in [9.17, 15) is 4.79 Å². The van der Waals surface area contributed by atoms with Gasteiger partial charge in [0.15, 0.2) is 6.73 Å². The van der Waals surface area contributed by atoms with Crippen LogP contribution in [0.2, 0.25) is 5.02 Å². The summed E-state index contributed by atoms with van der Waals surface area (Å²) in [5, 5.41) is 1.40. The molecule has 4 rings (SSSR count). The SMILES string of the molecule is Cc1cc(C)cc(N2COc3c(Cl)cc4c(C)c(C)c(=O)oc4c3C2)c1. The largest absolute Gasteiger partial charge is 0.471 e. The highest BCUT2D eigenvalue weighted by Gasteiger charge is 2.26. The number of nitrogens with zero attached hydrogens (tertiary/aromatic N) is 1. The number of benzene rings is 2. The minimum atomic E-state index is -0.317. The molecule has 3 aromatic rings. The van der Waals surface area contributed by atoms with Crippen LogP contribution in [-0.4, -0.2) is 6.73 Å². The monoisotopic (exact) mass is 369 g/mol. The molecule has 0 fully saturated rings. The van der Waals surface area contributed by atoms with E-state index in [1.54, 1.807) is 6.92 Å². The Kier molecular flexibility index (Phi) is 3.96. The Hall–Kier alpha value is -2.46. The molecular weight excluding hydrogens is 350 g/mol. The number of hydrogen-bond acceptors (Lipinski definition) is 4. The second kappa shape index (κ2) is 6.06. The van der Waals surface area contributed by atoms with Gasteiger partial charge in [0.2, 0.25) is 0 Å². The van der Waals surface area contributed by atoms with E-state index in [0.717, 1.165) is 22.2 Å². The molecule has 0 spiro atoms. The maximum atomic E-state index is 12.2. The van der Waals surface area contributed by atoms with Crippen LogP contribution in [0.3, 0.4) is 0 Å². The summed E-state index contributed by atoms with van der Waals surface area (Å²) >= 11 is 6.47. The highest BCUT2D eigenvalue weighted by molar-refractivity contribution is 6.33. The lowest BCUT2D eigenvalue weighted by Gasteiger charge is -2.32. The summed E-state index contributed by atoms with van der Waals surface area (Å²) in [5.41, 5.74) is 6.03. The van der Waals surface area contributed by atoms with Gasteiger partial charge >= 0.3 is 5.63 Å². The van der Waals surface area contributed by atoms with Crippen LogP contribution in [0.25, 0.3) is 11.0 Å². The maximum absolute atomic E-state index is 12.2. The Morgan fingerprint density at radius 1 is 1.00 bits per heavy atom. The Morgan fingerprint density at radius 2 is 1.69 bits per heavy atom. The van der Waals surface area contributed by atoms with Crippen molar-refractivity contribution in [2.45, 2.75) is 34.2 Å². The average molecular weight is 370 g/mol. The molecule has 0 amide bonds. The number of aryl methyl sites for hydroxylation is 3. The van der Waals surface area contributed by atoms with E-state index in [1.807, 2.05) is 13.0 Å². The molecule has 4 nitrogen and oxygen atoms in total. The molecule has 0 aliphatic carbocycles. The number of anilines is 1. The van der Waals surface area contributed by atoms with Gasteiger partial charge in [0, 0.05) is 16.6 Å². The molecule has 0 bridgehead atoms. The van der Waals surface area contributed by atoms with Gasteiger partial charge in [-0.05, 0) is 62.6 Å². The number of fused-ring (bicyclic) bond motifs is 3.